The summed E-state index contributed by atoms with van der Waals surface area (Å²) < 4.78 is 5.81. The van der Waals surface area contributed by atoms with Gasteiger partial charge in [-0.05, 0) is 30.2 Å². The van der Waals surface area contributed by atoms with Gasteiger partial charge in [-0.3, -0.25) is 5.43 Å². The standard InChI is InChI=1S/C18H17N3OS/c1-14-13-23-18(20-14)21-19-11-16-8-5-9-17(10-16)22-12-15-6-3-2-4-7-15/h2-11,13H,12H2,1H3,(H,20,21)/b19-11+. The second kappa shape index (κ2) is 7.56. The van der Waals surface area contributed by atoms with E-state index in [0.29, 0.717) is 6.61 Å². The number of rotatable bonds is 6. The molecule has 0 saturated heterocycles. The van der Waals surface area contributed by atoms with Crippen LogP contribution >= 0.6 is 11.3 Å². The number of anilines is 1. The molecule has 0 unspecified atom stereocenters. The molecule has 3 aromatic rings. The SMILES string of the molecule is Cc1csc(N/N=C/c2cccc(OCc3ccccc3)c2)n1. The maximum Gasteiger partial charge on any atom is 0.203 e. The molecule has 1 aromatic heterocycles. The van der Waals surface area contributed by atoms with Gasteiger partial charge in [-0.2, -0.15) is 5.10 Å². The first-order chi connectivity index (χ1) is 11.3. The van der Waals surface area contributed by atoms with Gasteiger partial charge in [0.15, 0.2) is 0 Å². The Labute approximate surface area is 139 Å². The van der Waals surface area contributed by atoms with Gasteiger partial charge in [-0.15, -0.1) is 11.3 Å². The van der Waals surface area contributed by atoms with E-state index in [0.717, 1.165) is 27.7 Å². The van der Waals surface area contributed by atoms with Crippen molar-refractivity contribution in [1.29, 1.82) is 0 Å². The highest BCUT2D eigenvalue weighted by Crippen LogP contribution is 2.16. The Bertz CT molecular complexity index is 784. The molecule has 0 radical (unpaired) electrons. The summed E-state index contributed by atoms with van der Waals surface area (Å²) in [5, 5.41) is 6.97. The Kier molecular flexibility index (Phi) is 5.01. The lowest BCUT2D eigenvalue weighted by molar-refractivity contribution is 0.306. The molecule has 5 heteroatoms. The second-order valence-corrected chi connectivity index (χ2v) is 5.87. The highest BCUT2D eigenvalue weighted by atomic mass is 32.1. The molecule has 0 aliphatic carbocycles. The van der Waals surface area contributed by atoms with Crippen LogP contribution in [0.3, 0.4) is 0 Å². The predicted molar refractivity (Wildman–Crippen MR) is 95.3 cm³/mol. The predicted octanol–water partition coefficient (Wildman–Crippen LogP) is 4.48. The monoisotopic (exact) mass is 323 g/mol. The highest BCUT2D eigenvalue weighted by Gasteiger charge is 1.98. The summed E-state index contributed by atoms with van der Waals surface area (Å²) >= 11 is 1.53. The van der Waals surface area contributed by atoms with E-state index in [1.165, 1.54) is 11.3 Å². The summed E-state index contributed by atoms with van der Waals surface area (Å²) in [5.74, 6) is 0.822. The highest BCUT2D eigenvalue weighted by molar-refractivity contribution is 7.13. The van der Waals surface area contributed by atoms with E-state index >= 15 is 0 Å². The number of nitrogens with one attached hydrogen (secondary N) is 1. The van der Waals surface area contributed by atoms with Gasteiger partial charge in [0.2, 0.25) is 5.13 Å². The Balaban J connectivity index is 1.58. The van der Waals surface area contributed by atoms with Crippen molar-refractivity contribution in [2.45, 2.75) is 13.5 Å². The largest absolute Gasteiger partial charge is 0.489 e. The van der Waals surface area contributed by atoms with E-state index in [1.54, 1.807) is 6.21 Å². The number of aryl methyl sites for hydroxylation is 1. The van der Waals surface area contributed by atoms with Gasteiger partial charge in [0, 0.05) is 5.38 Å². The quantitative estimate of drug-likeness (QED) is 0.537. The van der Waals surface area contributed by atoms with Crippen LogP contribution < -0.4 is 10.2 Å². The first kappa shape index (κ1) is 15.2. The van der Waals surface area contributed by atoms with Gasteiger partial charge in [0.05, 0.1) is 11.9 Å². The van der Waals surface area contributed by atoms with Crippen molar-refractivity contribution in [2.24, 2.45) is 5.10 Å². The number of ether oxygens (including phenoxy) is 1. The molecule has 0 amide bonds. The van der Waals surface area contributed by atoms with E-state index in [4.69, 9.17) is 4.74 Å². The van der Waals surface area contributed by atoms with Crippen LogP contribution in [0.4, 0.5) is 5.13 Å². The summed E-state index contributed by atoms with van der Waals surface area (Å²) in [6.07, 6.45) is 1.76. The number of thiazole rings is 1. The molecular formula is C18H17N3OS. The normalized spacial score (nSPS) is 10.8. The van der Waals surface area contributed by atoms with Gasteiger partial charge < -0.3 is 4.74 Å². The van der Waals surface area contributed by atoms with Crippen molar-refractivity contribution in [3.63, 3.8) is 0 Å². The molecule has 0 aliphatic rings. The fourth-order valence-corrected chi connectivity index (χ4v) is 2.63. The van der Waals surface area contributed by atoms with Crippen molar-refractivity contribution in [3.8, 4) is 5.75 Å². The number of hydrogen-bond donors (Lipinski definition) is 1. The lowest BCUT2D eigenvalue weighted by Crippen LogP contribution is -1.96. The lowest BCUT2D eigenvalue weighted by atomic mass is 10.2. The van der Waals surface area contributed by atoms with E-state index in [2.05, 4.69) is 15.5 Å². The molecule has 0 atom stereocenters. The van der Waals surface area contributed by atoms with Crippen molar-refractivity contribution in [2.75, 3.05) is 5.43 Å². The average Bonchev–Trinajstić information content (AvgIpc) is 3.00. The van der Waals surface area contributed by atoms with Crippen molar-refractivity contribution in [1.82, 2.24) is 4.98 Å². The summed E-state index contributed by atoms with van der Waals surface area (Å²) in [5.41, 5.74) is 6.03. The van der Waals surface area contributed by atoms with Crippen LogP contribution in [-0.4, -0.2) is 11.2 Å². The third-order valence-corrected chi connectivity index (χ3v) is 3.96. The molecule has 23 heavy (non-hydrogen) atoms. The van der Waals surface area contributed by atoms with Crippen LogP contribution in [0.1, 0.15) is 16.8 Å². The fraction of sp³-hybridized carbons (Fsp3) is 0.111. The molecule has 2 aromatic carbocycles. The first-order valence-corrected chi connectivity index (χ1v) is 8.15. The Morgan fingerprint density at radius 2 is 2.04 bits per heavy atom. The van der Waals surface area contributed by atoms with Gasteiger partial charge in [0.1, 0.15) is 12.4 Å². The van der Waals surface area contributed by atoms with Crippen LogP contribution in [0.15, 0.2) is 65.1 Å². The maximum absolute atomic E-state index is 5.81. The van der Waals surface area contributed by atoms with Crippen LogP contribution in [-0.2, 0) is 6.61 Å². The lowest BCUT2D eigenvalue weighted by Gasteiger charge is -2.06. The molecule has 0 spiro atoms. The number of hydrazone groups is 1. The van der Waals surface area contributed by atoms with Crippen LogP contribution in [0.25, 0.3) is 0 Å². The number of nitrogens with zero attached hydrogens (tertiary/aromatic N) is 2. The minimum absolute atomic E-state index is 0.554. The maximum atomic E-state index is 5.81. The third kappa shape index (κ3) is 4.66. The molecule has 3 rings (SSSR count). The zero-order valence-corrected chi connectivity index (χ0v) is 13.6. The van der Waals surface area contributed by atoms with Crippen LogP contribution in [0, 0.1) is 6.92 Å². The molecule has 0 aliphatic heterocycles. The van der Waals surface area contributed by atoms with Crippen molar-refractivity contribution < 1.29 is 4.74 Å². The van der Waals surface area contributed by atoms with Crippen molar-refractivity contribution >= 4 is 22.7 Å². The third-order valence-electron chi connectivity index (χ3n) is 3.10. The Morgan fingerprint density at radius 3 is 2.83 bits per heavy atom. The minimum atomic E-state index is 0.554. The van der Waals surface area contributed by atoms with Crippen molar-refractivity contribution in [3.05, 3.63) is 76.8 Å². The summed E-state index contributed by atoms with van der Waals surface area (Å²) in [6.45, 7) is 2.51. The average molecular weight is 323 g/mol. The molecule has 0 saturated carbocycles. The first-order valence-electron chi connectivity index (χ1n) is 7.27. The number of hydrogen-bond acceptors (Lipinski definition) is 5. The zero-order valence-electron chi connectivity index (χ0n) is 12.8. The van der Waals surface area contributed by atoms with Crippen LogP contribution in [0.5, 0.6) is 5.75 Å². The van der Waals surface area contributed by atoms with Gasteiger partial charge in [-0.1, -0.05) is 42.5 Å². The molecule has 116 valence electrons. The molecular weight excluding hydrogens is 306 g/mol. The molecule has 4 nitrogen and oxygen atoms in total. The second-order valence-electron chi connectivity index (χ2n) is 5.01. The van der Waals surface area contributed by atoms with Gasteiger partial charge in [-0.25, -0.2) is 4.98 Å². The minimum Gasteiger partial charge on any atom is -0.489 e. The van der Waals surface area contributed by atoms with Crippen LogP contribution in [0.2, 0.25) is 0 Å². The van der Waals surface area contributed by atoms with E-state index < -0.39 is 0 Å². The summed E-state index contributed by atoms with van der Waals surface area (Å²) in [4.78, 5) is 4.29. The smallest absolute Gasteiger partial charge is 0.203 e. The molecule has 1 N–H and O–H groups in total. The molecule has 1 heterocycles. The van der Waals surface area contributed by atoms with E-state index in [9.17, 15) is 0 Å². The molecule has 0 bridgehead atoms. The van der Waals surface area contributed by atoms with E-state index in [1.807, 2.05) is 66.9 Å². The fourth-order valence-electron chi connectivity index (χ4n) is 1.99. The number of aromatic nitrogens is 1. The summed E-state index contributed by atoms with van der Waals surface area (Å²) in [7, 11) is 0. The zero-order chi connectivity index (χ0) is 15.9. The Morgan fingerprint density at radius 1 is 1.17 bits per heavy atom. The molecule has 0 fully saturated rings. The van der Waals surface area contributed by atoms with Gasteiger partial charge in [0.25, 0.3) is 0 Å². The Hall–Kier alpha value is -2.66. The topological polar surface area (TPSA) is 46.5 Å². The van der Waals surface area contributed by atoms with Gasteiger partial charge >= 0.3 is 0 Å². The number of benzene rings is 2. The summed E-state index contributed by atoms with van der Waals surface area (Å²) in [6, 6.07) is 17.9. The van der Waals surface area contributed by atoms with E-state index in [-0.39, 0.29) is 0 Å².